The van der Waals surface area contributed by atoms with Crippen LogP contribution in [-0.4, -0.2) is 84.1 Å². The average Bonchev–Trinajstić information content (AvgIpc) is 3.49. The number of likely N-dealkylation sites (tertiary alicyclic amines) is 1. The first-order chi connectivity index (χ1) is 25.2. The van der Waals surface area contributed by atoms with Crippen molar-refractivity contribution in [2.24, 2.45) is 0 Å². The molecule has 5 aromatic rings. The molecule has 1 unspecified atom stereocenters. The molecule has 15 heteroatoms. The normalized spacial score (nSPS) is 16.8. The highest BCUT2D eigenvalue weighted by atomic mass is 19.3. The molecule has 0 amide bonds. The van der Waals surface area contributed by atoms with Crippen molar-refractivity contribution in [3.8, 4) is 28.9 Å². The molecule has 0 saturated carbocycles. The Morgan fingerprint density at radius 2 is 1.90 bits per heavy atom. The Bertz CT molecular complexity index is 2110. The second-order valence-electron chi connectivity index (χ2n) is 12.8. The van der Waals surface area contributed by atoms with Gasteiger partial charge in [-0.25, -0.2) is 27.5 Å². The largest absolute Gasteiger partial charge is 0.475 e. The van der Waals surface area contributed by atoms with Crippen LogP contribution in [0.1, 0.15) is 43.9 Å². The minimum absolute atomic E-state index is 0.0222. The number of halogens is 4. The second kappa shape index (κ2) is 14.9. The molecular weight excluding hydrogens is 682 g/mol. The maximum atomic E-state index is 17.3. The number of methoxy groups -OCH3 is 1. The Labute approximate surface area is 297 Å². The summed E-state index contributed by atoms with van der Waals surface area (Å²) in [6.07, 6.45) is 0.828. The van der Waals surface area contributed by atoms with Gasteiger partial charge in [0.1, 0.15) is 53.0 Å². The molecule has 1 saturated heterocycles. The van der Waals surface area contributed by atoms with Crippen LogP contribution in [0.2, 0.25) is 0 Å². The van der Waals surface area contributed by atoms with Crippen LogP contribution >= 0.6 is 0 Å². The highest BCUT2D eigenvalue weighted by Gasteiger charge is 2.33. The second-order valence-corrected chi connectivity index (χ2v) is 12.8. The fourth-order valence-corrected chi connectivity index (χ4v) is 7.24. The van der Waals surface area contributed by atoms with E-state index < -0.39 is 24.1 Å². The minimum Gasteiger partial charge on any atom is -0.475 e. The van der Waals surface area contributed by atoms with E-state index in [9.17, 15) is 8.78 Å². The zero-order chi connectivity index (χ0) is 36.5. The number of rotatable bonds is 12. The first-order valence-electron chi connectivity index (χ1n) is 17.2. The fraction of sp³-hybridized carbons (Fsp3) is 0.405. The molecule has 2 N–H and O–H groups in total. The summed E-state index contributed by atoms with van der Waals surface area (Å²) in [6, 6.07) is 9.09. The summed E-state index contributed by atoms with van der Waals surface area (Å²) < 4.78 is 82.5. The molecule has 2 aliphatic rings. The monoisotopic (exact) mass is 721 g/mol. The summed E-state index contributed by atoms with van der Waals surface area (Å²) in [5.41, 5.74) is 7.37. The van der Waals surface area contributed by atoms with Gasteiger partial charge in [0.15, 0.2) is 12.6 Å². The van der Waals surface area contributed by atoms with Crippen LogP contribution in [-0.2, 0) is 11.2 Å². The zero-order valence-electron chi connectivity index (χ0n) is 29.0. The van der Waals surface area contributed by atoms with Crippen LogP contribution in [0, 0.1) is 11.6 Å². The first-order valence-corrected chi connectivity index (χ1v) is 17.2. The number of aryl methyl sites for hydroxylation is 1. The van der Waals surface area contributed by atoms with Crippen molar-refractivity contribution >= 4 is 33.3 Å². The summed E-state index contributed by atoms with van der Waals surface area (Å²) in [5, 5.41) is 1.28. The standard InChI is InChI=1S/C37H39F4N7O4/c1-4-24-27(38)10-9-21-15-23(52-19-49-3)16-26(29(21)24)32-31(41)33-30-35(46-37(45-33)51-18-22-7-6-12-47(22)17-28(39)40)48(13-14-50-36(30)44-32)20(2)25-8-5-11-43-34(25)42/h5,8-11,15-16,20,22,28H,4,6-7,12-14,17-19H2,1-3H3,(H2,42,43)/t20?,22-/m0/s1. The van der Waals surface area contributed by atoms with Gasteiger partial charge in [0.25, 0.3) is 6.43 Å². The Kier molecular flexibility index (Phi) is 10.1. The summed E-state index contributed by atoms with van der Waals surface area (Å²) in [4.78, 5) is 21.9. The lowest BCUT2D eigenvalue weighted by atomic mass is 9.94. The van der Waals surface area contributed by atoms with Crippen molar-refractivity contribution in [1.29, 1.82) is 0 Å². The van der Waals surface area contributed by atoms with E-state index in [1.165, 1.54) is 13.2 Å². The number of alkyl halides is 2. The van der Waals surface area contributed by atoms with Crippen molar-refractivity contribution in [3.63, 3.8) is 0 Å². The molecule has 3 aromatic heterocycles. The topological polar surface area (TPSA) is 121 Å². The van der Waals surface area contributed by atoms with Crippen molar-refractivity contribution in [2.45, 2.75) is 51.6 Å². The molecule has 0 spiro atoms. The zero-order valence-corrected chi connectivity index (χ0v) is 29.0. The van der Waals surface area contributed by atoms with E-state index in [0.29, 0.717) is 65.2 Å². The van der Waals surface area contributed by atoms with Gasteiger partial charge in [0, 0.05) is 30.5 Å². The summed E-state index contributed by atoms with van der Waals surface area (Å²) in [7, 11) is 1.48. The molecule has 2 aromatic carbocycles. The summed E-state index contributed by atoms with van der Waals surface area (Å²) in [5.74, 6) is -0.209. The van der Waals surface area contributed by atoms with E-state index in [4.69, 9.17) is 34.6 Å². The van der Waals surface area contributed by atoms with Crippen LogP contribution in [0.5, 0.6) is 17.6 Å². The summed E-state index contributed by atoms with van der Waals surface area (Å²) >= 11 is 0. The van der Waals surface area contributed by atoms with E-state index >= 15 is 8.78 Å². The Balaban J connectivity index is 1.43. The molecule has 5 heterocycles. The molecule has 52 heavy (non-hydrogen) atoms. The first kappa shape index (κ1) is 35.4. The minimum atomic E-state index is -2.49. The summed E-state index contributed by atoms with van der Waals surface area (Å²) in [6.45, 7) is 4.27. The van der Waals surface area contributed by atoms with Crippen LogP contribution in [0.15, 0.2) is 42.6 Å². The lowest BCUT2D eigenvalue weighted by Gasteiger charge is -2.30. The number of nitrogen functional groups attached to an aromatic ring is 1. The third-order valence-corrected chi connectivity index (χ3v) is 9.71. The number of pyridine rings is 2. The average molecular weight is 722 g/mol. The number of aromatic nitrogens is 4. The van der Waals surface area contributed by atoms with Gasteiger partial charge in [-0.3, -0.25) is 4.90 Å². The highest BCUT2D eigenvalue weighted by molar-refractivity contribution is 6.03. The van der Waals surface area contributed by atoms with Crippen LogP contribution in [0.25, 0.3) is 32.9 Å². The number of hydrogen-bond donors (Lipinski definition) is 1. The van der Waals surface area contributed by atoms with Crippen molar-refractivity contribution in [3.05, 3.63) is 65.4 Å². The maximum absolute atomic E-state index is 17.3. The van der Waals surface area contributed by atoms with Gasteiger partial charge in [0.05, 0.1) is 19.1 Å². The number of fused-ring (bicyclic) bond motifs is 1. The van der Waals surface area contributed by atoms with Gasteiger partial charge in [-0.05, 0) is 73.3 Å². The van der Waals surface area contributed by atoms with Gasteiger partial charge in [-0.15, -0.1) is 0 Å². The number of nitrogens with zero attached hydrogens (tertiary/aromatic N) is 6. The molecule has 0 aliphatic carbocycles. The van der Waals surface area contributed by atoms with E-state index in [2.05, 4.69) is 9.97 Å². The van der Waals surface area contributed by atoms with Crippen LogP contribution in [0.4, 0.5) is 29.2 Å². The van der Waals surface area contributed by atoms with Gasteiger partial charge >= 0.3 is 6.01 Å². The van der Waals surface area contributed by atoms with Gasteiger partial charge < -0.3 is 29.6 Å². The lowest BCUT2D eigenvalue weighted by Crippen LogP contribution is -2.37. The SMILES string of the molecule is CCc1c(F)ccc2cc(OCOC)cc(-c3nc4c5c(nc(OC[C@@H]6CCCN6CC(F)F)nc5c3F)N(C(C)c3cccnc3N)CCO4)c12. The predicted molar refractivity (Wildman–Crippen MR) is 188 cm³/mol. The molecule has 2 atom stereocenters. The number of ether oxygens (including phenoxy) is 4. The molecule has 0 radical (unpaired) electrons. The highest BCUT2D eigenvalue weighted by Crippen LogP contribution is 2.44. The van der Waals surface area contributed by atoms with E-state index in [1.807, 2.05) is 24.8 Å². The quantitative estimate of drug-likeness (QED) is 0.109. The van der Waals surface area contributed by atoms with Crippen molar-refractivity contribution in [2.75, 3.05) is 57.4 Å². The van der Waals surface area contributed by atoms with E-state index in [-0.39, 0.29) is 66.6 Å². The van der Waals surface area contributed by atoms with Crippen LogP contribution < -0.4 is 24.8 Å². The van der Waals surface area contributed by atoms with Crippen molar-refractivity contribution in [1.82, 2.24) is 24.8 Å². The van der Waals surface area contributed by atoms with Crippen LogP contribution in [0.3, 0.4) is 0 Å². The molecule has 7 rings (SSSR count). The Morgan fingerprint density at radius 1 is 1.06 bits per heavy atom. The lowest BCUT2D eigenvalue weighted by molar-refractivity contribution is 0.0512. The number of nitrogens with two attached hydrogens (primary N) is 1. The van der Waals surface area contributed by atoms with Gasteiger partial charge in [0.2, 0.25) is 5.88 Å². The number of benzene rings is 2. The fourth-order valence-electron chi connectivity index (χ4n) is 7.24. The molecule has 1 fully saturated rings. The third kappa shape index (κ3) is 6.70. The van der Waals surface area contributed by atoms with E-state index in [1.54, 1.807) is 35.4 Å². The number of anilines is 2. The van der Waals surface area contributed by atoms with Crippen molar-refractivity contribution < 1.29 is 36.5 Å². The molecule has 2 aliphatic heterocycles. The number of hydrogen-bond acceptors (Lipinski definition) is 11. The van der Waals surface area contributed by atoms with Gasteiger partial charge in [-0.1, -0.05) is 19.1 Å². The molecule has 0 bridgehead atoms. The molecule has 274 valence electrons. The smallest absolute Gasteiger partial charge is 0.319 e. The Hall–Kier alpha value is -5.02. The predicted octanol–water partition coefficient (Wildman–Crippen LogP) is 6.71. The molecule has 11 nitrogen and oxygen atoms in total. The third-order valence-electron chi connectivity index (χ3n) is 9.71. The van der Waals surface area contributed by atoms with Gasteiger partial charge in [-0.2, -0.15) is 9.97 Å². The maximum Gasteiger partial charge on any atom is 0.319 e. The molecular formula is C37H39F4N7O4. The Morgan fingerprint density at radius 3 is 2.67 bits per heavy atom. The van der Waals surface area contributed by atoms with E-state index in [0.717, 1.165) is 6.42 Å².